The SMILES string of the molecule is CCC(CCN)CCC(=O)NC1CCN(C(C)=O)CC1. The summed E-state index contributed by atoms with van der Waals surface area (Å²) in [6.07, 6.45) is 5.33. The van der Waals surface area contributed by atoms with Crippen LogP contribution < -0.4 is 11.1 Å². The van der Waals surface area contributed by atoms with Gasteiger partial charge in [-0.25, -0.2) is 0 Å². The molecule has 1 fully saturated rings. The Morgan fingerprint density at radius 3 is 2.45 bits per heavy atom. The largest absolute Gasteiger partial charge is 0.353 e. The van der Waals surface area contributed by atoms with Gasteiger partial charge in [0.25, 0.3) is 0 Å². The van der Waals surface area contributed by atoms with Crippen LogP contribution in [0.1, 0.15) is 52.4 Å². The van der Waals surface area contributed by atoms with Crippen molar-refractivity contribution in [2.24, 2.45) is 11.7 Å². The molecule has 1 atom stereocenters. The molecule has 0 aromatic heterocycles. The van der Waals surface area contributed by atoms with Crippen molar-refractivity contribution < 1.29 is 9.59 Å². The van der Waals surface area contributed by atoms with Crippen LogP contribution >= 0.6 is 0 Å². The van der Waals surface area contributed by atoms with E-state index in [9.17, 15) is 9.59 Å². The third-order valence-corrected chi connectivity index (χ3v) is 4.24. The number of amides is 2. The molecule has 1 rings (SSSR count). The van der Waals surface area contributed by atoms with Crippen LogP contribution in [0.3, 0.4) is 0 Å². The zero-order valence-electron chi connectivity index (χ0n) is 12.9. The predicted molar refractivity (Wildman–Crippen MR) is 80.1 cm³/mol. The van der Waals surface area contributed by atoms with E-state index in [0.29, 0.717) is 18.9 Å². The van der Waals surface area contributed by atoms with Gasteiger partial charge in [-0.1, -0.05) is 13.3 Å². The summed E-state index contributed by atoms with van der Waals surface area (Å²) in [7, 11) is 0. The monoisotopic (exact) mass is 283 g/mol. The summed E-state index contributed by atoms with van der Waals surface area (Å²) >= 11 is 0. The van der Waals surface area contributed by atoms with Gasteiger partial charge in [-0.3, -0.25) is 9.59 Å². The van der Waals surface area contributed by atoms with Gasteiger partial charge in [0.05, 0.1) is 0 Å². The van der Waals surface area contributed by atoms with Gasteiger partial charge in [0, 0.05) is 32.5 Å². The van der Waals surface area contributed by atoms with Crippen LogP contribution in [0.5, 0.6) is 0 Å². The molecule has 0 aliphatic carbocycles. The van der Waals surface area contributed by atoms with E-state index in [1.165, 1.54) is 0 Å². The summed E-state index contributed by atoms with van der Waals surface area (Å²) in [4.78, 5) is 25.0. The highest BCUT2D eigenvalue weighted by molar-refractivity contribution is 5.76. The number of nitrogens with two attached hydrogens (primary N) is 1. The van der Waals surface area contributed by atoms with Crippen molar-refractivity contribution in [1.82, 2.24) is 10.2 Å². The van der Waals surface area contributed by atoms with Crippen LogP contribution in [-0.2, 0) is 9.59 Å². The number of nitrogens with zero attached hydrogens (tertiary/aromatic N) is 1. The van der Waals surface area contributed by atoms with Gasteiger partial charge >= 0.3 is 0 Å². The Kier molecular flexibility index (Phi) is 7.59. The maximum absolute atomic E-state index is 11.9. The third kappa shape index (κ3) is 5.90. The molecule has 0 bridgehead atoms. The van der Waals surface area contributed by atoms with Gasteiger partial charge in [0.1, 0.15) is 0 Å². The van der Waals surface area contributed by atoms with Crippen molar-refractivity contribution in [2.45, 2.75) is 58.4 Å². The summed E-state index contributed by atoms with van der Waals surface area (Å²) < 4.78 is 0. The zero-order chi connectivity index (χ0) is 15.0. The Hall–Kier alpha value is -1.10. The highest BCUT2D eigenvalue weighted by Gasteiger charge is 2.21. The Labute approximate surface area is 122 Å². The van der Waals surface area contributed by atoms with E-state index in [0.717, 1.165) is 45.2 Å². The number of hydrogen-bond donors (Lipinski definition) is 2. The predicted octanol–water partition coefficient (Wildman–Crippen LogP) is 1.27. The van der Waals surface area contributed by atoms with Gasteiger partial charge < -0.3 is 16.0 Å². The third-order valence-electron chi connectivity index (χ3n) is 4.24. The maximum Gasteiger partial charge on any atom is 0.220 e. The molecule has 116 valence electrons. The molecule has 2 amide bonds. The highest BCUT2D eigenvalue weighted by atomic mass is 16.2. The van der Waals surface area contributed by atoms with Crippen molar-refractivity contribution >= 4 is 11.8 Å². The summed E-state index contributed by atoms with van der Waals surface area (Å²) in [5.41, 5.74) is 5.57. The van der Waals surface area contributed by atoms with Crippen LogP contribution in [0.4, 0.5) is 0 Å². The molecular weight excluding hydrogens is 254 g/mol. The second kappa shape index (κ2) is 8.95. The molecule has 1 heterocycles. The number of nitrogens with one attached hydrogen (secondary N) is 1. The average molecular weight is 283 g/mol. The van der Waals surface area contributed by atoms with Crippen LogP contribution in [0.25, 0.3) is 0 Å². The minimum Gasteiger partial charge on any atom is -0.353 e. The fraction of sp³-hybridized carbons (Fsp3) is 0.867. The van der Waals surface area contributed by atoms with Crippen molar-refractivity contribution in [1.29, 1.82) is 0 Å². The summed E-state index contributed by atoms with van der Waals surface area (Å²) in [6.45, 7) is 5.96. The topological polar surface area (TPSA) is 75.4 Å². The van der Waals surface area contributed by atoms with Crippen molar-refractivity contribution in [3.05, 3.63) is 0 Å². The van der Waals surface area contributed by atoms with Crippen molar-refractivity contribution in [2.75, 3.05) is 19.6 Å². The molecular formula is C15H29N3O2. The quantitative estimate of drug-likeness (QED) is 0.739. The number of piperidine rings is 1. The average Bonchev–Trinajstić information content (AvgIpc) is 2.44. The number of carbonyl (C=O) groups is 2. The van der Waals surface area contributed by atoms with Crippen LogP contribution in [0.2, 0.25) is 0 Å². The summed E-state index contributed by atoms with van der Waals surface area (Å²) in [6, 6.07) is 0.229. The summed E-state index contributed by atoms with van der Waals surface area (Å²) in [5, 5.41) is 3.09. The Bertz CT molecular complexity index is 312. The first kappa shape index (κ1) is 17.0. The second-order valence-electron chi connectivity index (χ2n) is 5.74. The standard InChI is InChI=1S/C15H29N3O2/c1-3-13(6-9-16)4-5-15(20)17-14-7-10-18(11-8-14)12(2)19/h13-14H,3-11,16H2,1-2H3,(H,17,20). The lowest BCUT2D eigenvalue weighted by atomic mass is 9.96. The molecule has 0 aromatic carbocycles. The number of hydrogen-bond acceptors (Lipinski definition) is 3. The molecule has 5 nitrogen and oxygen atoms in total. The van der Waals surface area contributed by atoms with Gasteiger partial charge in [-0.15, -0.1) is 0 Å². The van der Waals surface area contributed by atoms with E-state index in [2.05, 4.69) is 12.2 Å². The molecule has 3 N–H and O–H groups in total. The fourth-order valence-electron chi connectivity index (χ4n) is 2.76. The summed E-state index contributed by atoms with van der Waals surface area (Å²) in [5.74, 6) is 0.828. The normalized spacial score (nSPS) is 17.9. The number of likely N-dealkylation sites (tertiary alicyclic amines) is 1. The molecule has 5 heteroatoms. The first-order valence-electron chi connectivity index (χ1n) is 7.81. The van der Waals surface area contributed by atoms with E-state index in [1.807, 2.05) is 4.90 Å². The van der Waals surface area contributed by atoms with E-state index in [4.69, 9.17) is 5.73 Å². The first-order valence-corrected chi connectivity index (χ1v) is 7.81. The van der Waals surface area contributed by atoms with Crippen LogP contribution in [-0.4, -0.2) is 42.4 Å². The minimum absolute atomic E-state index is 0.127. The Balaban J connectivity index is 2.21. The lowest BCUT2D eigenvalue weighted by molar-refractivity contribution is -0.130. The van der Waals surface area contributed by atoms with Crippen LogP contribution in [0, 0.1) is 5.92 Å². The second-order valence-corrected chi connectivity index (χ2v) is 5.74. The van der Waals surface area contributed by atoms with Gasteiger partial charge in [-0.2, -0.15) is 0 Å². The lowest BCUT2D eigenvalue weighted by Gasteiger charge is -2.31. The number of rotatable bonds is 7. The molecule has 0 radical (unpaired) electrons. The van der Waals surface area contributed by atoms with Gasteiger partial charge in [0.15, 0.2) is 0 Å². The van der Waals surface area contributed by atoms with Crippen LogP contribution in [0.15, 0.2) is 0 Å². The van der Waals surface area contributed by atoms with E-state index >= 15 is 0 Å². The Morgan fingerprint density at radius 2 is 1.95 bits per heavy atom. The molecule has 0 aromatic rings. The van der Waals surface area contributed by atoms with E-state index < -0.39 is 0 Å². The van der Waals surface area contributed by atoms with E-state index in [-0.39, 0.29) is 17.9 Å². The number of carbonyl (C=O) groups excluding carboxylic acids is 2. The molecule has 0 saturated carbocycles. The Morgan fingerprint density at radius 1 is 1.30 bits per heavy atom. The molecule has 1 aliphatic heterocycles. The van der Waals surface area contributed by atoms with E-state index in [1.54, 1.807) is 6.92 Å². The van der Waals surface area contributed by atoms with Gasteiger partial charge in [-0.05, 0) is 38.1 Å². The molecule has 20 heavy (non-hydrogen) atoms. The molecule has 1 aliphatic rings. The zero-order valence-corrected chi connectivity index (χ0v) is 12.9. The molecule has 0 spiro atoms. The van der Waals surface area contributed by atoms with Crippen molar-refractivity contribution in [3.63, 3.8) is 0 Å². The van der Waals surface area contributed by atoms with Crippen molar-refractivity contribution in [3.8, 4) is 0 Å². The fourth-order valence-corrected chi connectivity index (χ4v) is 2.76. The van der Waals surface area contributed by atoms with Gasteiger partial charge in [0.2, 0.25) is 11.8 Å². The minimum atomic E-state index is 0.127. The maximum atomic E-state index is 11.9. The highest BCUT2D eigenvalue weighted by Crippen LogP contribution is 2.15. The first-order chi connectivity index (χ1) is 9.56. The lowest BCUT2D eigenvalue weighted by Crippen LogP contribution is -2.46. The smallest absolute Gasteiger partial charge is 0.220 e. The molecule has 1 saturated heterocycles. The molecule has 1 unspecified atom stereocenters.